The molecule has 0 radical (unpaired) electrons. The van der Waals surface area contributed by atoms with Crippen LogP contribution in [0.3, 0.4) is 0 Å². The van der Waals surface area contributed by atoms with Gasteiger partial charge in [0.05, 0.1) is 35.0 Å². The molecule has 0 unspecified atom stereocenters. The number of urea groups is 1. The summed E-state index contributed by atoms with van der Waals surface area (Å²) in [4.78, 5) is 70.9. The second-order valence-electron chi connectivity index (χ2n) is 26.8. The Kier molecular flexibility index (Phi) is 29.0. The van der Waals surface area contributed by atoms with Crippen LogP contribution in [-0.4, -0.2) is 181 Å². The highest BCUT2D eigenvalue weighted by Gasteiger charge is 2.37. The predicted molar refractivity (Wildman–Crippen MR) is 479 cm³/mol. The predicted octanol–water partition coefficient (Wildman–Crippen LogP) is 11.3. The monoisotopic (exact) mass is 2030 g/mol. The van der Waals surface area contributed by atoms with Crippen molar-refractivity contribution in [3.8, 4) is 86.2 Å². The molecule has 54 heteroatoms. The molecule has 11 aromatic rings. The number of fused-ring (bicyclic) bond motifs is 5. The maximum absolute atomic E-state index is 12.6. The van der Waals surface area contributed by atoms with E-state index >= 15 is 0 Å². The van der Waals surface area contributed by atoms with E-state index in [0.29, 0.717) is 0 Å². The van der Waals surface area contributed by atoms with Gasteiger partial charge in [-0.1, -0.05) is 41.9 Å². The number of nitrogens with zero attached hydrogens (tertiary/aromatic N) is 4. The fourth-order valence-corrected chi connectivity index (χ4v) is 22.6. The molecule has 0 atom stereocenters. The third kappa shape index (κ3) is 21.7. The number of halogens is 1. The molecular weight excluding hydrogens is 1960 g/mol. The van der Waals surface area contributed by atoms with Crippen molar-refractivity contribution in [3.63, 3.8) is 0 Å². The molecule has 3 amide bonds. The molecule has 5 aromatic carbocycles. The third-order valence-corrected chi connectivity index (χ3v) is 32.1. The first-order valence-electron chi connectivity index (χ1n) is 37.2. The number of aromatic hydroxyl groups is 5. The van der Waals surface area contributed by atoms with Crippen LogP contribution in [0.1, 0.15) is 41.2 Å². The number of carbonyl (C=O) groups is 5. The van der Waals surface area contributed by atoms with Gasteiger partial charge in [-0.25, -0.2) is 66.2 Å². The molecule has 43 nitrogen and oxygen atoms in total. The van der Waals surface area contributed by atoms with Crippen LogP contribution < -0.4 is 76.7 Å². The number of sulfonamides is 5. The molecule has 6 aliphatic heterocycles. The number of amides is 3. The Hall–Kier alpha value is -14.0. The summed E-state index contributed by atoms with van der Waals surface area (Å²) >= 11 is 11.3. The van der Waals surface area contributed by atoms with E-state index in [9.17, 15) is 96.4 Å². The fraction of sp³-hybridized carbons (Fsp3) is 0.154. The van der Waals surface area contributed by atoms with E-state index in [2.05, 4.69) is 23.6 Å². The molecule has 17 rings (SSSR count). The molecule has 1 saturated heterocycles. The summed E-state index contributed by atoms with van der Waals surface area (Å²) in [6.07, 6.45) is 10.9. The largest absolute Gasteiger partial charge is 0.504 e. The van der Waals surface area contributed by atoms with Gasteiger partial charge < -0.3 is 97.3 Å². The average molecular weight is 2030 g/mol. The van der Waals surface area contributed by atoms with Crippen LogP contribution >= 0.6 is 68.3 Å². The average Bonchev–Trinajstić information content (AvgIpc) is 1.61. The highest BCUT2D eigenvalue weighted by molar-refractivity contribution is 7.96. The van der Waals surface area contributed by atoms with E-state index in [1.165, 1.54) is 119 Å². The number of hydrogen-bond donors (Lipinski definition) is 12. The van der Waals surface area contributed by atoms with Crippen molar-refractivity contribution >= 4 is 207 Å². The van der Waals surface area contributed by atoms with Gasteiger partial charge >= 0.3 is 29.6 Å². The van der Waals surface area contributed by atoms with Gasteiger partial charge in [-0.15, -0.1) is 56.7 Å². The second-order valence-corrected chi connectivity index (χ2v) is 41.5. The van der Waals surface area contributed by atoms with Gasteiger partial charge in [0, 0.05) is 79.1 Å². The molecule has 132 heavy (non-hydrogen) atoms. The number of aromatic nitrogens is 2. The molecule has 12 N–H and O–H groups in total. The van der Waals surface area contributed by atoms with Gasteiger partial charge in [-0.3, -0.25) is 37.8 Å². The first-order valence-corrected chi connectivity index (χ1v) is 49.4. The molecule has 696 valence electrons. The summed E-state index contributed by atoms with van der Waals surface area (Å²) in [6.45, 7) is 0.931. The van der Waals surface area contributed by atoms with E-state index in [4.69, 9.17) is 73.9 Å². The number of anilines is 5. The lowest BCUT2D eigenvalue weighted by Crippen LogP contribution is -2.26. The third-order valence-electron chi connectivity index (χ3n) is 18.0. The van der Waals surface area contributed by atoms with Crippen LogP contribution in [0.25, 0.3) is 30.5 Å². The van der Waals surface area contributed by atoms with E-state index in [0.717, 1.165) is 79.8 Å². The number of carbonyl (C=O) groups excluding carboxylic acids is 3. The minimum absolute atomic E-state index is 0.000103. The standard InChI is InChI=1S/C17H14ClN3O6S2.C17H15N3O7S2.C16H15NO7S2.C14H13NO7S2.C14H11NO7S2/c1-20-8-12(18)21(17(20)23)5-4-10-7-11(15-16(14(10)22)27-9-26-15)19-29(24,25)13-3-2-6-28-13;1-19-8-12(21)20(17(19)23)5-4-10-7-11(15-16(14(10)22)27-9-26-15)18-29(24,25)13-3-2-6-28-13;1-2-22-12(18)6-5-10-8-11(15-16(14(10)19)24-9-23-15)17-26(20,21)13-4-3-7-25-13;2*16-10(17)4-3-8-6-9(13-14(12(8)18)22-7-21-13)15-24(19,20)11-2-1-5-23-11/h2-8,19,22H,9H2,1H3;2-7,18,22H,8-9H2,1H3;3-8,17,19H,2,9H2,1H3;1-2,5-6,15,18H,3-4,7H2,(H,16,17);1-6,15,18H,7H2,(H,16,17)/b2*5-4+;6-5+;;4-3+. The van der Waals surface area contributed by atoms with Crippen LogP contribution in [0.4, 0.5) is 33.2 Å². The number of benzene rings is 5. The number of imidazole rings is 1. The zero-order valence-corrected chi connectivity index (χ0v) is 76.4. The molecule has 6 aliphatic rings. The van der Waals surface area contributed by atoms with Gasteiger partial charge in [0.1, 0.15) is 32.7 Å². The minimum Gasteiger partial charge on any atom is -0.504 e. The van der Waals surface area contributed by atoms with Gasteiger partial charge in [0.25, 0.3) is 56.0 Å². The van der Waals surface area contributed by atoms with E-state index in [-0.39, 0.29) is 234 Å². The Balaban J connectivity index is 0.000000141. The van der Waals surface area contributed by atoms with Crippen molar-refractivity contribution < 1.29 is 154 Å². The fourth-order valence-electron chi connectivity index (χ4n) is 12.1. The zero-order chi connectivity index (χ0) is 94.9. The summed E-state index contributed by atoms with van der Waals surface area (Å²) in [5.41, 5.74) is 0.819. The Morgan fingerprint density at radius 3 is 1.05 bits per heavy atom. The number of rotatable bonds is 27. The van der Waals surface area contributed by atoms with Gasteiger partial charge in [0.2, 0.25) is 62.7 Å². The molecule has 0 aliphatic carbocycles. The van der Waals surface area contributed by atoms with Crippen molar-refractivity contribution in [2.75, 3.05) is 77.8 Å². The molecule has 0 spiro atoms. The number of imide groups is 1. The van der Waals surface area contributed by atoms with Gasteiger partial charge in [-0.2, -0.15) is 0 Å². The topological polar surface area (TPSA) is 593 Å². The van der Waals surface area contributed by atoms with E-state index < -0.39 is 80.0 Å². The van der Waals surface area contributed by atoms with Crippen molar-refractivity contribution in [2.45, 2.75) is 40.8 Å². The Morgan fingerprint density at radius 1 is 0.447 bits per heavy atom. The van der Waals surface area contributed by atoms with Crippen LogP contribution in [-0.2, 0) is 87.5 Å². The number of phenolic OH excluding ortho intramolecular Hbond substituents is 5. The number of ether oxygens (including phenoxy) is 11. The quantitative estimate of drug-likeness (QED) is 0.00984. The summed E-state index contributed by atoms with van der Waals surface area (Å²) < 4.78 is 197. The van der Waals surface area contributed by atoms with Crippen LogP contribution in [0.15, 0.2) is 168 Å². The molecule has 0 saturated carbocycles. The number of carboxylic acid groups (broad SMARTS) is 2. The summed E-state index contributed by atoms with van der Waals surface area (Å²) in [5.74, 6) is -4.43. The number of esters is 1. The zero-order valence-electron chi connectivity index (χ0n) is 67.5. The second kappa shape index (κ2) is 40.1. The highest BCUT2D eigenvalue weighted by Crippen LogP contribution is 2.54. The number of thiophene rings is 5. The Labute approximate surface area is 772 Å². The molecule has 6 aromatic heterocycles. The van der Waals surface area contributed by atoms with Crippen molar-refractivity contribution in [3.05, 3.63) is 186 Å². The van der Waals surface area contributed by atoms with Crippen LogP contribution in [0.5, 0.6) is 86.2 Å². The summed E-state index contributed by atoms with van der Waals surface area (Å²) in [5, 5.41) is 77.3. The molecule has 12 heterocycles. The highest BCUT2D eigenvalue weighted by atomic mass is 35.5. The van der Waals surface area contributed by atoms with E-state index in [1.807, 2.05) is 0 Å². The first kappa shape index (κ1) is 95.5. The number of nitrogens with one attached hydrogen (secondary N) is 5. The van der Waals surface area contributed by atoms with Crippen LogP contribution in [0, 0.1) is 0 Å². The number of phenols is 5. The lowest BCUT2D eigenvalue weighted by Gasteiger charge is -2.13. The number of carboxylic acids is 2. The maximum Gasteiger partial charge on any atom is 0.333 e. The van der Waals surface area contributed by atoms with Gasteiger partial charge in [-0.05, 0) is 125 Å². The lowest BCUT2D eigenvalue weighted by molar-refractivity contribution is -0.138. The number of likely N-dealkylation sites (N-methyl/N-ethyl adjacent to an activating group) is 1. The first-order chi connectivity index (χ1) is 62.7. The smallest absolute Gasteiger partial charge is 0.333 e. The molecule has 1 fully saturated rings. The van der Waals surface area contributed by atoms with Crippen LogP contribution in [0.2, 0.25) is 5.15 Å². The normalized spacial score (nSPS) is 13.9. The van der Waals surface area contributed by atoms with Crippen molar-refractivity contribution in [1.29, 1.82) is 0 Å². The SMILES string of the molecule is CCOC(=O)/C=C/c1cc(NS(=O)(=O)c2cccs2)c2c(c1O)OCO2.CN1CC(=O)N(/C=C/c2cc(NS(=O)(=O)c3cccs3)c3c(c2O)OCO3)C1=O.Cn1cc(Cl)n(/C=C/c2cc(NS(=O)(=O)c3cccs3)c3c(c2O)OCO3)c1=O.O=C(O)/C=C/c1cc(NS(=O)(=O)c2cccs2)c2c(c1O)OCO2.O=C(O)CCc1cc(NS(=O)(=O)c2cccs2)c2c(c1O)OCO2. The van der Waals surface area contributed by atoms with Gasteiger partial charge in [0.15, 0.2) is 57.5 Å². The lowest BCUT2D eigenvalue weighted by atomic mass is 10.1. The van der Waals surface area contributed by atoms with Crippen molar-refractivity contribution in [1.82, 2.24) is 18.9 Å². The number of aryl methyl sites for hydroxylation is 2. The summed E-state index contributed by atoms with van der Waals surface area (Å²) in [7, 11) is -16.2. The van der Waals surface area contributed by atoms with E-state index in [1.54, 1.807) is 71.2 Å². The minimum atomic E-state index is -3.87. The Morgan fingerprint density at radius 2 is 0.758 bits per heavy atom. The molecule has 0 bridgehead atoms. The maximum atomic E-state index is 12.6. The van der Waals surface area contributed by atoms with Crippen molar-refractivity contribution in [2.24, 2.45) is 7.05 Å². The Bertz CT molecular complexity index is 7090. The number of aliphatic carboxylic acids is 2. The number of hydrogen-bond acceptors (Lipinski definition) is 37. The summed E-state index contributed by atoms with van der Waals surface area (Å²) in [6, 6.07) is 21.5. The molecular formula is C78H68ClN9O34S10.